The van der Waals surface area contributed by atoms with Crippen molar-refractivity contribution in [2.75, 3.05) is 84.0 Å². The largest absolute Gasteiger partial charge is 0.377 e. The summed E-state index contributed by atoms with van der Waals surface area (Å²) < 4.78 is 6.11. The Labute approximate surface area is 244 Å². The topological polar surface area (TPSA) is 97.5 Å². The van der Waals surface area contributed by atoms with Gasteiger partial charge in [-0.1, -0.05) is 0 Å². The fraction of sp³-hybridized carbons (Fsp3) is 0.710. The van der Waals surface area contributed by atoms with Crippen LogP contribution in [0, 0.1) is 5.92 Å². The van der Waals surface area contributed by atoms with Gasteiger partial charge in [0.15, 0.2) is 0 Å². The van der Waals surface area contributed by atoms with Crippen molar-refractivity contribution >= 4 is 23.8 Å². The Hall–Kier alpha value is -2.53. The van der Waals surface area contributed by atoms with Crippen LogP contribution >= 0.6 is 0 Å². The van der Waals surface area contributed by atoms with E-state index in [1.165, 1.54) is 19.4 Å². The second-order valence-electron chi connectivity index (χ2n) is 12.1. The number of aldehydes is 1. The lowest BCUT2D eigenvalue weighted by atomic mass is 9.95. The minimum atomic E-state index is -0.582. The molecule has 226 valence electrons. The van der Waals surface area contributed by atoms with Crippen LogP contribution in [0.4, 0.5) is 5.69 Å². The molecule has 10 heteroatoms. The third kappa shape index (κ3) is 7.85. The van der Waals surface area contributed by atoms with E-state index in [-0.39, 0.29) is 18.2 Å². The smallest absolute Gasteiger partial charge is 0.255 e. The van der Waals surface area contributed by atoms with Gasteiger partial charge in [-0.2, -0.15) is 0 Å². The molecule has 0 saturated carbocycles. The SMILES string of the molecule is CNC(=O)CCC(C=O)N1Cc2cc(N3CCC(CN4CCN(CCOC5CCNCC5)CC4)CC3)ccc2C1=O. The molecule has 3 saturated heterocycles. The van der Waals surface area contributed by atoms with Crippen molar-refractivity contribution in [1.29, 1.82) is 0 Å². The molecule has 1 unspecified atom stereocenters. The second kappa shape index (κ2) is 14.6. The Morgan fingerprint density at radius 3 is 2.51 bits per heavy atom. The van der Waals surface area contributed by atoms with Crippen molar-refractivity contribution in [3.05, 3.63) is 29.3 Å². The average Bonchev–Trinajstić information content (AvgIpc) is 3.34. The average molecular weight is 569 g/mol. The van der Waals surface area contributed by atoms with Crippen molar-refractivity contribution in [2.24, 2.45) is 5.92 Å². The zero-order valence-corrected chi connectivity index (χ0v) is 24.7. The number of anilines is 1. The summed E-state index contributed by atoms with van der Waals surface area (Å²) in [5.41, 5.74) is 2.80. The Morgan fingerprint density at radius 1 is 1.07 bits per heavy atom. The van der Waals surface area contributed by atoms with Gasteiger partial charge in [-0.15, -0.1) is 0 Å². The summed E-state index contributed by atoms with van der Waals surface area (Å²) >= 11 is 0. The highest BCUT2D eigenvalue weighted by atomic mass is 16.5. The van der Waals surface area contributed by atoms with Crippen molar-refractivity contribution in [2.45, 2.75) is 57.2 Å². The fourth-order valence-corrected chi connectivity index (χ4v) is 6.74. The number of rotatable bonds is 12. The van der Waals surface area contributed by atoms with Gasteiger partial charge in [0.1, 0.15) is 6.29 Å². The molecule has 1 aromatic carbocycles. The highest BCUT2D eigenvalue weighted by Gasteiger charge is 2.33. The highest BCUT2D eigenvalue weighted by Crippen LogP contribution is 2.31. The quantitative estimate of drug-likeness (QED) is 0.365. The second-order valence-corrected chi connectivity index (χ2v) is 12.1. The standard InChI is InChI=1S/C31H48N6O4/c1-32-30(39)5-3-27(23-38)37-22-25-20-26(2-4-29(25)31(37)40)36-12-8-24(9-13-36)21-35-16-14-34(15-17-35)18-19-41-28-6-10-33-11-7-28/h2,4,20,23-24,27-28,33H,3,5-19,21-22H2,1H3,(H,32,39). The van der Waals surface area contributed by atoms with Crippen LogP contribution in [0.5, 0.6) is 0 Å². The predicted molar refractivity (Wildman–Crippen MR) is 159 cm³/mol. The number of nitrogens with zero attached hydrogens (tertiary/aromatic N) is 4. The Balaban J connectivity index is 1.03. The van der Waals surface area contributed by atoms with E-state index >= 15 is 0 Å². The molecule has 0 aliphatic carbocycles. The monoisotopic (exact) mass is 568 g/mol. The Morgan fingerprint density at radius 2 is 1.80 bits per heavy atom. The number of carbonyl (C=O) groups excluding carboxylic acids is 3. The molecular weight excluding hydrogens is 520 g/mol. The number of hydrogen-bond donors (Lipinski definition) is 2. The van der Waals surface area contributed by atoms with Crippen LogP contribution in [-0.2, 0) is 20.9 Å². The first kappa shape index (κ1) is 29.9. The Kier molecular flexibility index (Phi) is 10.6. The van der Waals surface area contributed by atoms with Crippen LogP contribution in [0.25, 0.3) is 0 Å². The highest BCUT2D eigenvalue weighted by molar-refractivity contribution is 6.00. The van der Waals surface area contributed by atoms with E-state index < -0.39 is 6.04 Å². The minimum Gasteiger partial charge on any atom is -0.377 e. The van der Waals surface area contributed by atoms with E-state index in [1.54, 1.807) is 11.9 Å². The van der Waals surface area contributed by atoms with Crippen molar-refractivity contribution in [3.8, 4) is 0 Å². The molecule has 3 fully saturated rings. The number of ether oxygens (including phenoxy) is 1. The van der Waals surface area contributed by atoms with Gasteiger partial charge in [-0.25, -0.2) is 0 Å². The number of nitrogens with one attached hydrogen (secondary N) is 2. The molecule has 0 radical (unpaired) electrons. The van der Waals surface area contributed by atoms with Crippen LogP contribution in [0.1, 0.15) is 54.4 Å². The number of fused-ring (bicyclic) bond motifs is 1. The minimum absolute atomic E-state index is 0.117. The van der Waals surface area contributed by atoms with Gasteiger partial charge < -0.3 is 34.9 Å². The molecule has 41 heavy (non-hydrogen) atoms. The predicted octanol–water partition coefficient (Wildman–Crippen LogP) is 1.34. The molecule has 4 heterocycles. The number of benzene rings is 1. The maximum Gasteiger partial charge on any atom is 0.255 e. The van der Waals surface area contributed by atoms with E-state index in [0.29, 0.717) is 24.6 Å². The number of amides is 2. The number of piperazine rings is 1. The molecule has 0 bridgehead atoms. The third-order valence-corrected chi connectivity index (χ3v) is 9.43. The number of carbonyl (C=O) groups is 3. The molecule has 5 rings (SSSR count). The maximum absolute atomic E-state index is 13.0. The van der Waals surface area contributed by atoms with Crippen LogP contribution in [-0.4, -0.2) is 124 Å². The normalized spacial score (nSPS) is 22.1. The molecule has 0 aromatic heterocycles. The first-order chi connectivity index (χ1) is 20.0. The molecule has 0 spiro atoms. The first-order valence-electron chi connectivity index (χ1n) is 15.7. The summed E-state index contributed by atoms with van der Waals surface area (Å²) in [6, 6.07) is 5.51. The number of piperidine rings is 2. The summed E-state index contributed by atoms with van der Waals surface area (Å²) in [4.78, 5) is 45.6. The lowest BCUT2D eigenvalue weighted by Gasteiger charge is -2.39. The molecule has 4 aliphatic rings. The van der Waals surface area contributed by atoms with Gasteiger partial charge in [0.25, 0.3) is 5.91 Å². The maximum atomic E-state index is 13.0. The van der Waals surface area contributed by atoms with E-state index in [4.69, 9.17) is 4.74 Å². The van der Waals surface area contributed by atoms with Gasteiger partial charge in [-0.3, -0.25) is 14.5 Å². The molecule has 1 atom stereocenters. The molecule has 2 N–H and O–H groups in total. The molecule has 10 nitrogen and oxygen atoms in total. The van der Waals surface area contributed by atoms with Crippen molar-refractivity contribution < 1.29 is 19.1 Å². The number of hydrogen-bond acceptors (Lipinski definition) is 8. The van der Waals surface area contributed by atoms with Gasteiger partial charge >= 0.3 is 0 Å². The lowest BCUT2D eigenvalue weighted by Crippen LogP contribution is -2.49. The summed E-state index contributed by atoms with van der Waals surface area (Å²) in [5, 5.41) is 5.97. The van der Waals surface area contributed by atoms with Crippen LogP contribution in [0.15, 0.2) is 18.2 Å². The Bertz CT molecular complexity index is 1030. The zero-order valence-electron chi connectivity index (χ0n) is 24.7. The van der Waals surface area contributed by atoms with Crippen LogP contribution in [0.3, 0.4) is 0 Å². The summed E-state index contributed by atoms with van der Waals surface area (Å²) in [6.45, 7) is 12.3. The zero-order chi connectivity index (χ0) is 28.6. The van der Waals surface area contributed by atoms with Gasteiger partial charge in [0.05, 0.1) is 18.8 Å². The fourth-order valence-electron chi connectivity index (χ4n) is 6.74. The van der Waals surface area contributed by atoms with E-state index in [2.05, 4.69) is 37.5 Å². The first-order valence-corrected chi connectivity index (χ1v) is 15.7. The van der Waals surface area contributed by atoms with Crippen LogP contribution < -0.4 is 15.5 Å². The van der Waals surface area contributed by atoms with Gasteiger partial charge in [-0.05, 0) is 74.9 Å². The van der Waals surface area contributed by atoms with Crippen molar-refractivity contribution in [1.82, 2.24) is 25.3 Å². The summed E-state index contributed by atoms with van der Waals surface area (Å²) in [7, 11) is 1.58. The summed E-state index contributed by atoms with van der Waals surface area (Å²) in [5.74, 6) is 0.484. The molecule has 1 aromatic rings. The summed E-state index contributed by atoms with van der Waals surface area (Å²) in [6.07, 6.45) is 6.44. The van der Waals surface area contributed by atoms with E-state index in [0.717, 1.165) is 102 Å². The molecule has 4 aliphatic heterocycles. The van der Waals surface area contributed by atoms with Crippen LogP contribution in [0.2, 0.25) is 0 Å². The van der Waals surface area contributed by atoms with Crippen molar-refractivity contribution in [3.63, 3.8) is 0 Å². The van der Waals surface area contributed by atoms with E-state index in [9.17, 15) is 14.4 Å². The molecule has 2 amide bonds. The van der Waals surface area contributed by atoms with Gasteiger partial charge in [0.2, 0.25) is 5.91 Å². The lowest BCUT2D eigenvalue weighted by molar-refractivity contribution is -0.121. The third-order valence-electron chi connectivity index (χ3n) is 9.43. The van der Waals surface area contributed by atoms with Gasteiger partial charge in [0, 0.05) is 83.6 Å². The van der Waals surface area contributed by atoms with E-state index in [1.807, 2.05) is 6.07 Å². The molecular formula is C31H48N6O4.